The van der Waals surface area contributed by atoms with Crippen LogP contribution in [0.3, 0.4) is 0 Å². The van der Waals surface area contributed by atoms with Crippen LogP contribution < -0.4 is 5.32 Å². The third kappa shape index (κ3) is 2.67. The van der Waals surface area contributed by atoms with Crippen LogP contribution in [0, 0.1) is 11.3 Å². The average Bonchev–Trinajstić information content (AvgIpc) is 2.48. The summed E-state index contributed by atoms with van der Waals surface area (Å²) in [7, 11) is 0. The molecule has 0 atom stereocenters. The summed E-state index contributed by atoms with van der Waals surface area (Å²) < 4.78 is 0. The molecule has 1 heterocycles. The van der Waals surface area contributed by atoms with E-state index in [4.69, 9.17) is 5.26 Å². The lowest BCUT2D eigenvalue weighted by Gasteiger charge is -2.21. The lowest BCUT2D eigenvalue weighted by atomic mass is 9.88. The summed E-state index contributed by atoms with van der Waals surface area (Å²) >= 11 is 0. The molecule has 0 radical (unpaired) electrons. The van der Waals surface area contributed by atoms with Gasteiger partial charge in [-0.1, -0.05) is 30.4 Å². The minimum absolute atomic E-state index is 0.252. The standard InChI is InChI=1S/C17H12N2O2/c18-10-13-3-1-2-11(7-13)6-12-4-5-14-9-16(20)19-17(21)15(14)8-12/h1-7H,8-9H2,(H,19,20,21). The Bertz CT molecular complexity index is 776. The monoisotopic (exact) mass is 276 g/mol. The van der Waals surface area contributed by atoms with Crippen molar-refractivity contribution in [3.63, 3.8) is 0 Å². The van der Waals surface area contributed by atoms with Gasteiger partial charge in [-0.15, -0.1) is 0 Å². The number of allylic oxidation sites excluding steroid dienone is 3. The molecule has 102 valence electrons. The van der Waals surface area contributed by atoms with Gasteiger partial charge in [-0.25, -0.2) is 0 Å². The van der Waals surface area contributed by atoms with E-state index in [-0.39, 0.29) is 18.2 Å². The lowest BCUT2D eigenvalue weighted by molar-refractivity contribution is -0.129. The van der Waals surface area contributed by atoms with E-state index < -0.39 is 0 Å². The Morgan fingerprint density at radius 3 is 2.86 bits per heavy atom. The maximum absolute atomic E-state index is 11.8. The van der Waals surface area contributed by atoms with E-state index in [1.54, 1.807) is 12.1 Å². The van der Waals surface area contributed by atoms with Gasteiger partial charge in [0.1, 0.15) is 0 Å². The summed E-state index contributed by atoms with van der Waals surface area (Å²) in [6.45, 7) is 0. The predicted molar refractivity (Wildman–Crippen MR) is 77.7 cm³/mol. The molecule has 4 heteroatoms. The molecule has 3 rings (SSSR count). The van der Waals surface area contributed by atoms with Crippen molar-refractivity contribution in [2.75, 3.05) is 0 Å². The molecule has 1 aromatic carbocycles. The van der Waals surface area contributed by atoms with E-state index in [1.165, 1.54) is 0 Å². The Balaban J connectivity index is 1.89. The topological polar surface area (TPSA) is 70.0 Å². The Hall–Kier alpha value is -2.93. The molecule has 0 spiro atoms. The van der Waals surface area contributed by atoms with Crippen molar-refractivity contribution in [2.45, 2.75) is 12.8 Å². The number of benzene rings is 1. The van der Waals surface area contributed by atoms with Crippen molar-refractivity contribution < 1.29 is 9.59 Å². The number of nitrogens with one attached hydrogen (secondary N) is 1. The molecule has 0 bridgehead atoms. The van der Waals surface area contributed by atoms with Gasteiger partial charge >= 0.3 is 0 Å². The van der Waals surface area contributed by atoms with Crippen LogP contribution in [-0.4, -0.2) is 11.8 Å². The number of rotatable bonds is 1. The smallest absolute Gasteiger partial charge is 0.254 e. The average molecular weight is 276 g/mol. The molecule has 4 nitrogen and oxygen atoms in total. The SMILES string of the molecule is N#Cc1cccc(C=C2C=CC3=C(C2)C(=O)NC(=O)C3)c1. The Kier molecular flexibility index (Phi) is 3.25. The van der Waals surface area contributed by atoms with Crippen molar-refractivity contribution in [1.29, 1.82) is 5.26 Å². The first-order chi connectivity index (χ1) is 10.2. The number of imide groups is 1. The van der Waals surface area contributed by atoms with Gasteiger partial charge in [0.2, 0.25) is 5.91 Å². The van der Waals surface area contributed by atoms with Crippen molar-refractivity contribution >= 4 is 17.9 Å². The van der Waals surface area contributed by atoms with Gasteiger partial charge in [-0.05, 0) is 28.8 Å². The number of nitrogens with zero attached hydrogens (tertiary/aromatic N) is 1. The highest BCUT2D eigenvalue weighted by atomic mass is 16.2. The van der Waals surface area contributed by atoms with Crippen LogP contribution in [0.5, 0.6) is 0 Å². The van der Waals surface area contributed by atoms with Crippen LogP contribution >= 0.6 is 0 Å². The third-order valence-electron chi connectivity index (χ3n) is 3.51. The fourth-order valence-electron chi connectivity index (χ4n) is 2.51. The van der Waals surface area contributed by atoms with Crippen LogP contribution in [-0.2, 0) is 9.59 Å². The van der Waals surface area contributed by atoms with E-state index in [0.717, 1.165) is 16.7 Å². The second-order valence-electron chi connectivity index (χ2n) is 5.02. The Morgan fingerprint density at radius 2 is 2.05 bits per heavy atom. The van der Waals surface area contributed by atoms with Crippen LogP contribution in [0.4, 0.5) is 0 Å². The molecule has 0 aromatic heterocycles. The number of amides is 2. The van der Waals surface area contributed by atoms with E-state index in [2.05, 4.69) is 11.4 Å². The molecule has 1 N–H and O–H groups in total. The number of hydrogen-bond donors (Lipinski definition) is 1. The number of hydrogen-bond acceptors (Lipinski definition) is 3. The molecule has 21 heavy (non-hydrogen) atoms. The molecule has 0 saturated carbocycles. The summed E-state index contributed by atoms with van der Waals surface area (Å²) in [5.74, 6) is -0.556. The zero-order chi connectivity index (χ0) is 14.8. The predicted octanol–water partition coefficient (Wildman–Crippen LogP) is 2.24. The van der Waals surface area contributed by atoms with E-state index >= 15 is 0 Å². The van der Waals surface area contributed by atoms with Crippen molar-refractivity contribution in [1.82, 2.24) is 5.32 Å². The van der Waals surface area contributed by atoms with Gasteiger partial charge in [0.05, 0.1) is 18.1 Å². The molecule has 0 unspecified atom stereocenters. The van der Waals surface area contributed by atoms with Gasteiger partial charge in [-0.2, -0.15) is 5.26 Å². The third-order valence-corrected chi connectivity index (χ3v) is 3.51. The molecule has 2 amide bonds. The fourth-order valence-corrected chi connectivity index (χ4v) is 2.51. The fraction of sp³-hybridized carbons (Fsp3) is 0.118. The second-order valence-corrected chi connectivity index (χ2v) is 5.02. The molecule has 1 aromatic rings. The summed E-state index contributed by atoms with van der Waals surface area (Å²) in [5, 5.41) is 11.2. The first-order valence-electron chi connectivity index (χ1n) is 6.61. The molecule has 1 aliphatic heterocycles. The van der Waals surface area contributed by atoms with Gasteiger partial charge < -0.3 is 0 Å². The second kappa shape index (κ2) is 5.22. The maximum atomic E-state index is 11.8. The van der Waals surface area contributed by atoms with Crippen LogP contribution in [0.25, 0.3) is 6.08 Å². The Morgan fingerprint density at radius 1 is 1.19 bits per heavy atom. The highest BCUT2D eigenvalue weighted by molar-refractivity contribution is 6.09. The quantitative estimate of drug-likeness (QED) is 0.800. The summed E-state index contributed by atoms with van der Waals surface area (Å²) in [5.41, 5.74) is 3.95. The normalized spacial score (nSPS) is 19.3. The highest BCUT2D eigenvalue weighted by Gasteiger charge is 2.26. The summed E-state index contributed by atoms with van der Waals surface area (Å²) in [6.07, 6.45) is 6.46. The number of carbonyl (C=O) groups excluding carboxylic acids is 2. The molecule has 1 aliphatic carbocycles. The van der Waals surface area contributed by atoms with Gasteiger partial charge in [0.15, 0.2) is 0 Å². The zero-order valence-corrected chi connectivity index (χ0v) is 11.2. The minimum atomic E-state index is -0.303. The van der Waals surface area contributed by atoms with Crippen LogP contribution in [0.1, 0.15) is 24.0 Å². The van der Waals surface area contributed by atoms with Crippen LogP contribution in [0.15, 0.2) is 53.1 Å². The first kappa shape index (κ1) is 13.1. The molecular weight excluding hydrogens is 264 g/mol. The maximum Gasteiger partial charge on any atom is 0.254 e. The highest BCUT2D eigenvalue weighted by Crippen LogP contribution is 2.29. The number of nitriles is 1. The van der Waals surface area contributed by atoms with Crippen molar-refractivity contribution in [3.05, 3.63) is 64.3 Å². The van der Waals surface area contributed by atoms with E-state index in [0.29, 0.717) is 17.6 Å². The van der Waals surface area contributed by atoms with Crippen molar-refractivity contribution in [2.24, 2.45) is 0 Å². The first-order valence-corrected chi connectivity index (χ1v) is 6.61. The summed E-state index contributed by atoms with van der Waals surface area (Å²) in [6, 6.07) is 9.39. The van der Waals surface area contributed by atoms with Crippen molar-refractivity contribution in [3.8, 4) is 6.07 Å². The largest absolute Gasteiger partial charge is 0.292 e. The lowest BCUT2D eigenvalue weighted by Crippen LogP contribution is -2.37. The number of carbonyl (C=O) groups is 2. The minimum Gasteiger partial charge on any atom is -0.292 e. The molecular formula is C17H12N2O2. The van der Waals surface area contributed by atoms with Gasteiger partial charge in [0, 0.05) is 12.0 Å². The summed E-state index contributed by atoms with van der Waals surface area (Å²) in [4.78, 5) is 23.2. The Labute approximate surface area is 122 Å². The van der Waals surface area contributed by atoms with Gasteiger partial charge in [-0.3, -0.25) is 14.9 Å². The van der Waals surface area contributed by atoms with Crippen LogP contribution in [0.2, 0.25) is 0 Å². The van der Waals surface area contributed by atoms with E-state index in [9.17, 15) is 9.59 Å². The van der Waals surface area contributed by atoms with E-state index in [1.807, 2.05) is 30.4 Å². The van der Waals surface area contributed by atoms with Gasteiger partial charge in [0.25, 0.3) is 5.91 Å². The molecule has 2 aliphatic rings. The molecule has 0 saturated heterocycles. The zero-order valence-electron chi connectivity index (χ0n) is 11.2. The molecule has 0 fully saturated rings.